The molecule has 17 heavy (non-hydrogen) atoms. The second kappa shape index (κ2) is 5.50. The fourth-order valence-electron chi connectivity index (χ4n) is 2.00. The Hall–Kier alpha value is -0.390. The molecule has 0 bridgehead atoms. The number of hydrogen-bond donors (Lipinski definition) is 1. The van der Waals surface area contributed by atoms with Gasteiger partial charge in [-0.05, 0) is 23.8 Å². The molecule has 1 aromatic carbocycles. The van der Waals surface area contributed by atoms with Crippen molar-refractivity contribution in [2.24, 2.45) is 5.92 Å². The van der Waals surface area contributed by atoms with Gasteiger partial charge in [0.15, 0.2) is 0 Å². The van der Waals surface area contributed by atoms with E-state index in [0.717, 1.165) is 14.5 Å². The monoisotopic (exact) mass is 361 g/mol. The van der Waals surface area contributed by atoms with E-state index < -0.39 is 0 Å². The Labute approximate surface area is 117 Å². The summed E-state index contributed by atoms with van der Waals surface area (Å²) in [6.07, 6.45) is 0.460. The number of aliphatic hydroxyl groups excluding tert-OH is 1. The summed E-state index contributed by atoms with van der Waals surface area (Å²) >= 11 is 6.90. The van der Waals surface area contributed by atoms with Gasteiger partial charge in [0.2, 0.25) is 5.91 Å². The van der Waals surface area contributed by atoms with E-state index in [4.69, 9.17) is 5.11 Å². The summed E-state index contributed by atoms with van der Waals surface area (Å²) in [7, 11) is 0. The highest BCUT2D eigenvalue weighted by atomic mass is 79.9. The van der Waals surface area contributed by atoms with Crippen LogP contribution in [0.4, 0.5) is 0 Å². The number of benzene rings is 1. The van der Waals surface area contributed by atoms with E-state index in [2.05, 4.69) is 31.9 Å². The van der Waals surface area contributed by atoms with E-state index in [1.165, 1.54) is 0 Å². The van der Waals surface area contributed by atoms with Crippen molar-refractivity contribution in [1.29, 1.82) is 0 Å². The summed E-state index contributed by atoms with van der Waals surface area (Å²) in [4.78, 5) is 13.5. The molecule has 1 unspecified atom stereocenters. The van der Waals surface area contributed by atoms with Crippen LogP contribution in [0.1, 0.15) is 12.0 Å². The molecule has 0 saturated carbocycles. The van der Waals surface area contributed by atoms with Crippen molar-refractivity contribution in [2.75, 3.05) is 13.2 Å². The topological polar surface area (TPSA) is 40.5 Å². The van der Waals surface area contributed by atoms with Gasteiger partial charge in [0.1, 0.15) is 0 Å². The molecule has 2 rings (SSSR count). The van der Waals surface area contributed by atoms with E-state index in [1.54, 1.807) is 4.90 Å². The van der Waals surface area contributed by atoms with Crippen LogP contribution < -0.4 is 0 Å². The Bertz CT molecular complexity index is 437. The first-order valence-corrected chi connectivity index (χ1v) is 7.01. The minimum absolute atomic E-state index is 0.0852. The van der Waals surface area contributed by atoms with Crippen LogP contribution >= 0.6 is 31.9 Å². The fourth-order valence-corrected chi connectivity index (χ4v) is 2.78. The largest absolute Gasteiger partial charge is 0.396 e. The molecule has 0 aliphatic carbocycles. The lowest BCUT2D eigenvalue weighted by Gasteiger charge is -2.17. The van der Waals surface area contributed by atoms with Crippen molar-refractivity contribution in [3.05, 3.63) is 32.7 Å². The molecule has 5 heteroatoms. The third kappa shape index (κ3) is 3.09. The maximum absolute atomic E-state index is 11.7. The summed E-state index contributed by atoms with van der Waals surface area (Å²) in [6, 6.07) is 5.92. The SMILES string of the molecule is O=C1CC(CO)CN1Cc1cc(Br)ccc1Br. The summed E-state index contributed by atoms with van der Waals surface area (Å²) in [5.41, 5.74) is 1.08. The van der Waals surface area contributed by atoms with Crippen molar-refractivity contribution in [3.8, 4) is 0 Å². The molecule has 0 radical (unpaired) electrons. The van der Waals surface area contributed by atoms with Crippen molar-refractivity contribution in [1.82, 2.24) is 4.90 Å². The Balaban J connectivity index is 2.11. The third-order valence-electron chi connectivity index (χ3n) is 2.92. The molecule has 0 spiro atoms. The lowest BCUT2D eigenvalue weighted by atomic mass is 10.1. The van der Waals surface area contributed by atoms with Gasteiger partial charge in [0.25, 0.3) is 0 Å². The second-order valence-corrected chi connectivity index (χ2v) is 6.03. The fraction of sp³-hybridized carbons (Fsp3) is 0.417. The minimum Gasteiger partial charge on any atom is -0.396 e. The zero-order chi connectivity index (χ0) is 12.4. The Morgan fingerprint density at radius 3 is 2.82 bits per heavy atom. The first kappa shape index (κ1) is 13.1. The number of hydrogen-bond acceptors (Lipinski definition) is 2. The van der Waals surface area contributed by atoms with Gasteiger partial charge in [-0.3, -0.25) is 4.79 Å². The third-order valence-corrected chi connectivity index (χ3v) is 4.19. The highest BCUT2D eigenvalue weighted by Gasteiger charge is 2.29. The lowest BCUT2D eigenvalue weighted by Crippen LogP contribution is -2.25. The van der Waals surface area contributed by atoms with Gasteiger partial charge < -0.3 is 10.0 Å². The van der Waals surface area contributed by atoms with Crippen LogP contribution in [0.25, 0.3) is 0 Å². The van der Waals surface area contributed by atoms with Gasteiger partial charge in [-0.2, -0.15) is 0 Å². The molecule has 1 heterocycles. The van der Waals surface area contributed by atoms with Crippen molar-refractivity contribution >= 4 is 37.8 Å². The van der Waals surface area contributed by atoms with E-state index >= 15 is 0 Å². The molecular weight excluding hydrogens is 350 g/mol. The normalized spacial score (nSPS) is 20.1. The van der Waals surface area contributed by atoms with E-state index in [-0.39, 0.29) is 18.4 Å². The van der Waals surface area contributed by atoms with Gasteiger partial charge in [-0.25, -0.2) is 0 Å². The molecule has 1 atom stereocenters. The number of carbonyl (C=O) groups is 1. The van der Waals surface area contributed by atoms with Crippen LogP contribution in [-0.2, 0) is 11.3 Å². The summed E-state index contributed by atoms with van der Waals surface area (Å²) < 4.78 is 2.00. The smallest absolute Gasteiger partial charge is 0.223 e. The van der Waals surface area contributed by atoms with E-state index in [0.29, 0.717) is 19.5 Å². The second-order valence-electron chi connectivity index (χ2n) is 4.26. The number of halogens is 2. The lowest BCUT2D eigenvalue weighted by molar-refractivity contribution is -0.128. The molecule has 3 nitrogen and oxygen atoms in total. The molecule has 92 valence electrons. The van der Waals surface area contributed by atoms with Gasteiger partial charge in [0, 0.05) is 41.0 Å². The van der Waals surface area contributed by atoms with Crippen molar-refractivity contribution in [2.45, 2.75) is 13.0 Å². The van der Waals surface area contributed by atoms with Crippen LogP contribution in [-0.4, -0.2) is 29.1 Å². The van der Waals surface area contributed by atoms with Gasteiger partial charge in [0.05, 0.1) is 0 Å². The van der Waals surface area contributed by atoms with E-state index in [9.17, 15) is 4.79 Å². The molecular formula is C12H13Br2NO2. The molecule has 1 aliphatic rings. The summed E-state index contributed by atoms with van der Waals surface area (Å²) in [6.45, 7) is 1.32. The first-order chi connectivity index (χ1) is 8.10. The number of likely N-dealkylation sites (tertiary alicyclic amines) is 1. The maximum atomic E-state index is 11.7. The number of nitrogens with zero attached hydrogens (tertiary/aromatic N) is 1. The van der Waals surface area contributed by atoms with Gasteiger partial charge in [-0.1, -0.05) is 31.9 Å². The Kier molecular flexibility index (Phi) is 4.22. The molecule has 1 aromatic rings. The number of aliphatic hydroxyl groups is 1. The zero-order valence-corrected chi connectivity index (χ0v) is 12.4. The predicted octanol–water partition coefficient (Wildman–Crippen LogP) is 2.55. The highest BCUT2D eigenvalue weighted by molar-refractivity contribution is 9.11. The highest BCUT2D eigenvalue weighted by Crippen LogP contribution is 2.26. The predicted molar refractivity (Wildman–Crippen MR) is 72.5 cm³/mol. The van der Waals surface area contributed by atoms with Gasteiger partial charge >= 0.3 is 0 Å². The molecule has 1 N–H and O–H groups in total. The zero-order valence-electron chi connectivity index (χ0n) is 9.20. The van der Waals surface area contributed by atoms with Crippen LogP contribution in [0.15, 0.2) is 27.1 Å². The molecule has 1 fully saturated rings. The molecule has 1 aliphatic heterocycles. The molecule has 0 aromatic heterocycles. The molecule has 1 amide bonds. The molecule has 1 saturated heterocycles. The van der Waals surface area contributed by atoms with Crippen molar-refractivity contribution < 1.29 is 9.90 Å². The van der Waals surface area contributed by atoms with Gasteiger partial charge in [-0.15, -0.1) is 0 Å². The number of carbonyl (C=O) groups excluding carboxylic acids is 1. The van der Waals surface area contributed by atoms with Crippen LogP contribution in [0.5, 0.6) is 0 Å². The van der Waals surface area contributed by atoms with Crippen molar-refractivity contribution in [3.63, 3.8) is 0 Å². The number of rotatable bonds is 3. The first-order valence-electron chi connectivity index (χ1n) is 5.42. The summed E-state index contributed by atoms with van der Waals surface area (Å²) in [5.74, 6) is 0.212. The number of amides is 1. The average molecular weight is 363 g/mol. The van der Waals surface area contributed by atoms with Crippen LogP contribution in [0.3, 0.4) is 0 Å². The Morgan fingerprint density at radius 2 is 2.18 bits per heavy atom. The average Bonchev–Trinajstić information content (AvgIpc) is 2.65. The Morgan fingerprint density at radius 1 is 1.41 bits per heavy atom. The maximum Gasteiger partial charge on any atom is 0.223 e. The minimum atomic E-state index is 0.0852. The van der Waals surface area contributed by atoms with Crippen LogP contribution in [0, 0.1) is 5.92 Å². The van der Waals surface area contributed by atoms with Crippen LogP contribution in [0.2, 0.25) is 0 Å². The standard InChI is InChI=1S/C12H13Br2NO2/c13-10-1-2-11(14)9(4-10)6-15-5-8(7-16)3-12(15)17/h1-2,4,8,16H,3,5-7H2. The summed E-state index contributed by atoms with van der Waals surface area (Å²) in [5, 5.41) is 9.07. The van der Waals surface area contributed by atoms with E-state index in [1.807, 2.05) is 18.2 Å². The quantitative estimate of drug-likeness (QED) is 0.897.